The van der Waals surface area contributed by atoms with Crippen LogP contribution >= 0.6 is 15.9 Å². The lowest BCUT2D eigenvalue weighted by molar-refractivity contribution is 0.208. The van der Waals surface area contributed by atoms with Gasteiger partial charge in [-0.25, -0.2) is 4.68 Å². The molecule has 1 aliphatic rings. The van der Waals surface area contributed by atoms with Gasteiger partial charge in [0.15, 0.2) is 10.4 Å². The van der Waals surface area contributed by atoms with Crippen molar-refractivity contribution in [3.63, 3.8) is 0 Å². The maximum atomic E-state index is 5.96. The Morgan fingerprint density at radius 1 is 1.28 bits per heavy atom. The maximum Gasteiger partial charge on any atom is 0.172 e. The first-order valence-electron chi connectivity index (χ1n) is 6.15. The van der Waals surface area contributed by atoms with Gasteiger partial charge in [-0.2, -0.15) is 5.10 Å². The van der Waals surface area contributed by atoms with Gasteiger partial charge in [-0.3, -0.25) is 4.98 Å². The van der Waals surface area contributed by atoms with Crippen LogP contribution in [0, 0.1) is 0 Å². The van der Waals surface area contributed by atoms with E-state index >= 15 is 0 Å². The number of nitrogens with zero attached hydrogens (tertiary/aromatic N) is 3. The molecule has 4 nitrogen and oxygen atoms in total. The third kappa shape index (κ3) is 2.27. The summed E-state index contributed by atoms with van der Waals surface area (Å²) in [6, 6.07) is 3.85. The Labute approximate surface area is 114 Å². The maximum absolute atomic E-state index is 5.96. The van der Waals surface area contributed by atoms with Crippen LogP contribution < -0.4 is 4.74 Å². The van der Waals surface area contributed by atoms with Gasteiger partial charge < -0.3 is 4.74 Å². The molecule has 18 heavy (non-hydrogen) atoms. The lowest BCUT2D eigenvalue weighted by atomic mass is 10.3. The number of rotatable bonds is 3. The number of ether oxygens (including phenoxy) is 1. The Bertz CT molecular complexity index is 520. The van der Waals surface area contributed by atoms with E-state index in [4.69, 9.17) is 4.74 Å². The predicted octanol–water partition coefficient (Wildman–Crippen LogP) is 3.35. The largest absolute Gasteiger partial charge is 0.486 e. The van der Waals surface area contributed by atoms with E-state index in [2.05, 4.69) is 26.0 Å². The van der Waals surface area contributed by atoms with Gasteiger partial charge in [-0.15, -0.1) is 0 Å². The second-order valence-electron chi connectivity index (χ2n) is 4.45. The normalized spacial score (nSPS) is 16.1. The van der Waals surface area contributed by atoms with Crippen molar-refractivity contribution in [2.45, 2.75) is 31.8 Å². The fraction of sp³-hybridized carbons (Fsp3) is 0.385. The summed E-state index contributed by atoms with van der Waals surface area (Å²) in [4.78, 5) is 4.09. The molecular weight excluding hydrogens is 294 g/mol. The molecule has 0 aromatic carbocycles. The highest BCUT2D eigenvalue weighted by Gasteiger charge is 2.19. The van der Waals surface area contributed by atoms with Crippen LogP contribution in [0.3, 0.4) is 0 Å². The van der Waals surface area contributed by atoms with Crippen molar-refractivity contribution in [2.75, 3.05) is 0 Å². The average molecular weight is 308 g/mol. The van der Waals surface area contributed by atoms with E-state index in [-0.39, 0.29) is 0 Å². The third-order valence-corrected chi connectivity index (χ3v) is 3.89. The standard InChI is InChI=1S/C13H14BrN3O/c14-13-12(18-11-5-1-2-6-11)9-16-17(13)10-4-3-7-15-8-10/h3-4,7-9,11H,1-2,5-6H2. The van der Waals surface area contributed by atoms with E-state index < -0.39 is 0 Å². The predicted molar refractivity (Wildman–Crippen MR) is 71.9 cm³/mol. The highest BCUT2D eigenvalue weighted by molar-refractivity contribution is 9.10. The van der Waals surface area contributed by atoms with Gasteiger partial charge in [0.25, 0.3) is 0 Å². The minimum absolute atomic E-state index is 0.341. The van der Waals surface area contributed by atoms with E-state index in [1.807, 2.05) is 12.1 Å². The zero-order valence-electron chi connectivity index (χ0n) is 9.92. The monoisotopic (exact) mass is 307 g/mol. The molecule has 0 radical (unpaired) electrons. The Hall–Kier alpha value is -1.36. The zero-order valence-corrected chi connectivity index (χ0v) is 11.5. The molecule has 1 saturated carbocycles. The van der Waals surface area contributed by atoms with Crippen molar-refractivity contribution in [3.05, 3.63) is 35.3 Å². The molecule has 0 saturated heterocycles. The number of hydrogen-bond acceptors (Lipinski definition) is 3. The number of aromatic nitrogens is 3. The van der Waals surface area contributed by atoms with E-state index in [0.29, 0.717) is 6.10 Å². The molecule has 0 N–H and O–H groups in total. The fourth-order valence-electron chi connectivity index (χ4n) is 2.24. The van der Waals surface area contributed by atoms with Crippen molar-refractivity contribution in [3.8, 4) is 11.4 Å². The number of halogens is 1. The van der Waals surface area contributed by atoms with Gasteiger partial charge in [0, 0.05) is 6.20 Å². The molecular formula is C13H14BrN3O. The minimum Gasteiger partial charge on any atom is -0.486 e. The van der Waals surface area contributed by atoms with Gasteiger partial charge in [-0.05, 0) is 53.7 Å². The Kier molecular flexibility index (Phi) is 3.32. The van der Waals surface area contributed by atoms with Crippen molar-refractivity contribution in [1.29, 1.82) is 0 Å². The van der Waals surface area contributed by atoms with Crippen LogP contribution in [-0.2, 0) is 0 Å². The van der Waals surface area contributed by atoms with Gasteiger partial charge in [0.05, 0.1) is 24.2 Å². The summed E-state index contributed by atoms with van der Waals surface area (Å²) >= 11 is 3.54. The van der Waals surface area contributed by atoms with E-state index in [1.54, 1.807) is 23.3 Å². The number of pyridine rings is 1. The van der Waals surface area contributed by atoms with Gasteiger partial charge >= 0.3 is 0 Å². The summed E-state index contributed by atoms with van der Waals surface area (Å²) in [6.07, 6.45) is 10.4. The topological polar surface area (TPSA) is 39.9 Å². The van der Waals surface area contributed by atoms with Crippen molar-refractivity contribution in [1.82, 2.24) is 14.8 Å². The summed E-state index contributed by atoms with van der Waals surface area (Å²) in [5.74, 6) is 0.811. The van der Waals surface area contributed by atoms with E-state index in [0.717, 1.165) is 28.9 Å². The zero-order chi connectivity index (χ0) is 12.4. The molecule has 5 heteroatoms. The minimum atomic E-state index is 0.341. The lowest BCUT2D eigenvalue weighted by Crippen LogP contribution is -2.10. The van der Waals surface area contributed by atoms with Crippen LogP contribution in [0.4, 0.5) is 0 Å². The Morgan fingerprint density at radius 2 is 2.11 bits per heavy atom. The molecule has 0 spiro atoms. The van der Waals surface area contributed by atoms with Crippen molar-refractivity contribution < 1.29 is 4.74 Å². The molecule has 94 valence electrons. The molecule has 0 bridgehead atoms. The molecule has 3 rings (SSSR count). The second-order valence-corrected chi connectivity index (χ2v) is 5.20. The summed E-state index contributed by atoms with van der Waals surface area (Å²) in [5.41, 5.74) is 0.922. The quantitative estimate of drug-likeness (QED) is 0.873. The average Bonchev–Trinajstić information content (AvgIpc) is 3.03. The fourth-order valence-corrected chi connectivity index (χ4v) is 2.73. The summed E-state index contributed by atoms with van der Waals surface area (Å²) < 4.78 is 8.60. The highest BCUT2D eigenvalue weighted by Crippen LogP contribution is 2.31. The molecule has 0 atom stereocenters. The second kappa shape index (κ2) is 5.10. The van der Waals surface area contributed by atoms with Gasteiger partial charge in [0.2, 0.25) is 0 Å². The van der Waals surface area contributed by atoms with Crippen LogP contribution in [0.5, 0.6) is 5.75 Å². The first-order chi connectivity index (χ1) is 8.84. The van der Waals surface area contributed by atoms with Gasteiger partial charge in [0.1, 0.15) is 0 Å². The SMILES string of the molecule is Brc1c(OC2CCCC2)cnn1-c1cccnc1. The summed E-state index contributed by atoms with van der Waals surface area (Å²) in [5, 5.41) is 4.33. The smallest absolute Gasteiger partial charge is 0.172 e. The van der Waals surface area contributed by atoms with Crippen LogP contribution in [0.1, 0.15) is 25.7 Å². The van der Waals surface area contributed by atoms with Crippen LogP contribution in [0.25, 0.3) is 5.69 Å². The molecule has 2 aromatic rings. The highest BCUT2D eigenvalue weighted by atomic mass is 79.9. The van der Waals surface area contributed by atoms with Crippen LogP contribution in [-0.4, -0.2) is 20.9 Å². The molecule has 0 amide bonds. The van der Waals surface area contributed by atoms with E-state index in [1.165, 1.54) is 12.8 Å². The van der Waals surface area contributed by atoms with Crippen molar-refractivity contribution >= 4 is 15.9 Å². The van der Waals surface area contributed by atoms with Crippen LogP contribution in [0.15, 0.2) is 35.3 Å². The summed E-state index contributed by atoms with van der Waals surface area (Å²) in [7, 11) is 0. The Morgan fingerprint density at radius 3 is 2.83 bits per heavy atom. The molecule has 1 fully saturated rings. The lowest BCUT2D eigenvalue weighted by Gasteiger charge is -2.11. The Balaban J connectivity index is 1.83. The summed E-state index contributed by atoms with van der Waals surface area (Å²) in [6.45, 7) is 0. The van der Waals surface area contributed by atoms with Crippen molar-refractivity contribution in [2.24, 2.45) is 0 Å². The number of hydrogen-bond donors (Lipinski definition) is 0. The first kappa shape index (κ1) is 11.7. The van der Waals surface area contributed by atoms with Gasteiger partial charge in [-0.1, -0.05) is 0 Å². The van der Waals surface area contributed by atoms with E-state index in [9.17, 15) is 0 Å². The third-order valence-electron chi connectivity index (χ3n) is 3.17. The molecule has 0 aliphatic heterocycles. The molecule has 2 aromatic heterocycles. The molecule has 2 heterocycles. The molecule has 1 aliphatic carbocycles. The van der Waals surface area contributed by atoms with Crippen LogP contribution in [0.2, 0.25) is 0 Å². The first-order valence-corrected chi connectivity index (χ1v) is 6.94. The molecule has 0 unspecified atom stereocenters.